The molecule has 4 aromatic rings. The van der Waals surface area contributed by atoms with Crippen molar-refractivity contribution in [2.75, 3.05) is 6.61 Å². The Morgan fingerprint density at radius 1 is 1.19 bits per heavy atom. The molecule has 0 radical (unpaired) electrons. The van der Waals surface area contributed by atoms with E-state index in [4.69, 9.17) is 4.74 Å². The zero-order chi connectivity index (χ0) is 18.8. The highest BCUT2D eigenvalue weighted by molar-refractivity contribution is 6.00. The first-order valence-corrected chi connectivity index (χ1v) is 8.92. The summed E-state index contributed by atoms with van der Waals surface area (Å²) < 4.78 is 5.82. The molecule has 132 valence electrons. The van der Waals surface area contributed by atoms with E-state index in [1.165, 1.54) is 0 Å². The Kier molecular flexibility index (Phi) is 4.35. The van der Waals surface area contributed by atoms with Crippen molar-refractivity contribution in [2.24, 2.45) is 0 Å². The summed E-state index contributed by atoms with van der Waals surface area (Å²) in [5.41, 5.74) is 4.28. The quantitative estimate of drug-likeness (QED) is 0.494. The van der Waals surface area contributed by atoms with E-state index in [0.717, 1.165) is 38.7 Å². The van der Waals surface area contributed by atoms with Gasteiger partial charge >= 0.3 is 0 Å². The van der Waals surface area contributed by atoms with Gasteiger partial charge in [0.2, 0.25) is 0 Å². The van der Waals surface area contributed by atoms with E-state index in [0.29, 0.717) is 18.0 Å². The smallest absolute Gasteiger partial charge is 0.149 e. The van der Waals surface area contributed by atoms with Gasteiger partial charge in [-0.1, -0.05) is 36.4 Å². The SMILES string of the molecule is CCOc1ccc2ccccc2c1/C=C(/C#N)c1nc2ccc(C)cc2[nH]1. The van der Waals surface area contributed by atoms with Crippen LogP contribution in [0.1, 0.15) is 23.9 Å². The number of hydrogen-bond donors (Lipinski definition) is 1. The molecule has 0 aliphatic carbocycles. The fourth-order valence-corrected chi connectivity index (χ4v) is 3.25. The van der Waals surface area contributed by atoms with Crippen LogP contribution in [0.3, 0.4) is 0 Å². The highest BCUT2D eigenvalue weighted by atomic mass is 16.5. The van der Waals surface area contributed by atoms with E-state index in [2.05, 4.69) is 22.1 Å². The van der Waals surface area contributed by atoms with Crippen LogP contribution in [0.15, 0.2) is 54.6 Å². The minimum atomic E-state index is 0.473. The van der Waals surface area contributed by atoms with Gasteiger partial charge in [-0.05, 0) is 54.5 Å². The van der Waals surface area contributed by atoms with Gasteiger partial charge in [0.15, 0.2) is 0 Å². The third-order valence-electron chi connectivity index (χ3n) is 4.53. The molecule has 0 unspecified atom stereocenters. The fraction of sp³-hybridized carbons (Fsp3) is 0.130. The highest BCUT2D eigenvalue weighted by Gasteiger charge is 2.12. The Morgan fingerprint density at radius 2 is 2.04 bits per heavy atom. The van der Waals surface area contributed by atoms with Crippen LogP contribution < -0.4 is 4.74 Å². The number of benzene rings is 3. The number of allylic oxidation sites excluding steroid dienone is 1. The third kappa shape index (κ3) is 3.16. The van der Waals surface area contributed by atoms with Crippen LogP contribution in [0.2, 0.25) is 0 Å². The first kappa shape index (κ1) is 16.9. The number of nitrogens with one attached hydrogen (secondary N) is 1. The number of nitriles is 1. The molecule has 0 spiro atoms. The summed E-state index contributed by atoms with van der Waals surface area (Å²) in [6.07, 6.45) is 1.86. The van der Waals surface area contributed by atoms with Crippen molar-refractivity contribution in [1.82, 2.24) is 9.97 Å². The molecule has 0 saturated heterocycles. The van der Waals surface area contributed by atoms with E-state index in [-0.39, 0.29) is 0 Å². The molecule has 0 atom stereocenters. The van der Waals surface area contributed by atoms with Gasteiger partial charge in [0.25, 0.3) is 0 Å². The van der Waals surface area contributed by atoms with Gasteiger partial charge in [0.05, 0.1) is 23.2 Å². The summed E-state index contributed by atoms with van der Waals surface area (Å²) in [4.78, 5) is 7.85. The van der Waals surface area contributed by atoms with E-state index < -0.39 is 0 Å². The minimum Gasteiger partial charge on any atom is -0.493 e. The first-order valence-electron chi connectivity index (χ1n) is 8.92. The summed E-state index contributed by atoms with van der Waals surface area (Å²) in [7, 11) is 0. The number of aromatic amines is 1. The summed E-state index contributed by atoms with van der Waals surface area (Å²) in [5, 5.41) is 11.9. The number of rotatable bonds is 4. The predicted octanol–water partition coefficient (Wildman–Crippen LogP) is 5.49. The molecule has 1 heterocycles. The first-order chi connectivity index (χ1) is 13.2. The molecule has 0 aliphatic heterocycles. The number of nitrogens with zero attached hydrogens (tertiary/aromatic N) is 2. The Balaban J connectivity index is 1.91. The van der Waals surface area contributed by atoms with Crippen molar-refractivity contribution < 1.29 is 4.74 Å². The molecule has 0 amide bonds. The van der Waals surface area contributed by atoms with Crippen molar-refractivity contribution in [1.29, 1.82) is 5.26 Å². The van der Waals surface area contributed by atoms with Gasteiger partial charge in [-0.3, -0.25) is 0 Å². The molecule has 1 N–H and O–H groups in total. The molecule has 3 aromatic carbocycles. The lowest BCUT2D eigenvalue weighted by Gasteiger charge is -2.11. The molecule has 0 bridgehead atoms. The van der Waals surface area contributed by atoms with Gasteiger partial charge in [-0.15, -0.1) is 0 Å². The van der Waals surface area contributed by atoms with E-state index >= 15 is 0 Å². The van der Waals surface area contributed by atoms with E-state index in [1.807, 2.05) is 68.5 Å². The van der Waals surface area contributed by atoms with Crippen LogP contribution >= 0.6 is 0 Å². The Bertz CT molecular complexity index is 1210. The maximum absolute atomic E-state index is 9.79. The molecule has 0 aliphatic rings. The number of imidazole rings is 1. The monoisotopic (exact) mass is 353 g/mol. The van der Waals surface area contributed by atoms with Gasteiger partial charge in [0, 0.05) is 5.56 Å². The summed E-state index contributed by atoms with van der Waals surface area (Å²) in [6, 6.07) is 20.4. The molecule has 4 heteroatoms. The second-order valence-corrected chi connectivity index (χ2v) is 6.41. The summed E-state index contributed by atoms with van der Waals surface area (Å²) >= 11 is 0. The second kappa shape index (κ2) is 6.97. The number of hydrogen-bond acceptors (Lipinski definition) is 3. The maximum Gasteiger partial charge on any atom is 0.149 e. The zero-order valence-electron chi connectivity index (χ0n) is 15.3. The summed E-state index contributed by atoms with van der Waals surface area (Å²) in [5.74, 6) is 1.32. The lowest BCUT2D eigenvalue weighted by molar-refractivity contribution is 0.340. The van der Waals surface area contributed by atoms with Crippen molar-refractivity contribution >= 4 is 33.5 Å². The number of ether oxygens (including phenoxy) is 1. The lowest BCUT2D eigenvalue weighted by atomic mass is 10.0. The number of H-pyrrole nitrogens is 1. The normalized spacial score (nSPS) is 11.7. The van der Waals surface area contributed by atoms with Crippen LogP contribution in [0.4, 0.5) is 0 Å². The predicted molar refractivity (Wildman–Crippen MR) is 109 cm³/mol. The lowest BCUT2D eigenvalue weighted by Crippen LogP contribution is -1.95. The van der Waals surface area contributed by atoms with Crippen molar-refractivity contribution in [2.45, 2.75) is 13.8 Å². The molecule has 1 aromatic heterocycles. The molecule has 0 fully saturated rings. The number of aryl methyl sites for hydroxylation is 1. The summed E-state index contributed by atoms with van der Waals surface area (Å²) in [6.45, 7) is 4.55. The second-order valence-electron chi connectivity index (χ2n) is 6.41. The van der Waals surface area contributed by atoms with E-state index in [1.54, 1.807) is 0 Å². The molecule has 4 nitrogen and oxygen atoms in total. The Hall–Kier alpha value is -3.58. The average molecular weight is 353 g/mol. The van der Waals surface area contributed by atoms with Gasteiger partial charge < -0.3 is 9.72 Å². The molecular weight excluding hydrogens is 334 g/mol. The Morgan fingerprint density at radius 3 is 2.85 bits per heavy atom. The van der Waals surface area contributed by atoms with Crippen LogP contribution in [0.5, 0.6) is 5.75 Å². The van der Waals surface area contributed by atoms with Crippen LogP contribution in [-0.2, 0) is 0 Å². The molecule has 27 heavy (non-hydrogen) atoms. The average Bonchev–Trinajstić information content (AvgIpc) is 3.10. The fourth-order valence-electron chi connectivity index (χ4n) is 3.25. The molecular formula is C23H19N3O. The van der Waals surface area contributed by atoms with Crippen molar-refractivity contribution in [3.05, 3.63) is 71.5 Å². The number of aromatic nitrogens is 2. The third-order valence-corrected chi connectivity index (χ3v) is 4.53. The van der Waals surface area contributed by atoms with Gasteiger partial charge in [0.1, 0.15) is 17.6 Å². The largest absolute Gasteiger partial charge is 0.493 e. The van der Waals surface area contributed by atoms with Crippen LogP contribution in [0, 0.1) is 18.3 Å². The standard InChI is InChI=1S/C23H19N3O/c1-3-27-22-11-9-16-6-4-5-7-18(16)19(22)13-17(14-24)23-25-20-10-8-15(2)12-21(20)26-23/h4-13H,3H2,1-2H3,(H,25,26)/b17-13-. The highest BCUT2D eigenvalue weighted by Crippen LogP contribution is 2.32. The topological polar surface area (TPSA) is 61.7 Å². The maximum atomic E-state index is 9.79. The van der Waals surface area contributed by atoms with Gasteiger partial charge in [-0.2, -0.15) is 5.26 Å². The minimum absolute atomic E-state index is 0.473. The van der Waals surface area contributed by atoms with Crippen molar-refractivity contribution in [3.63, 3.8) is 0 Å². The Labute approximate surface area is 157 Å². The van der Waals surface area contributed by atoms with Crippen LogP contribution in [-0.4, -0.2) is 16.6 Å². The van der Waals surface area contributed by atoms with Crippen LogP contribution in [0.25, 0.3) is 33.5 Å². The molecule has 0 saturated carbocycles. The number of fused-ring (bicyclic) bond motifs is 2. The molecule has 4 rings (SSSR count). The van der Waals surface area contributed by atoms with E-state index in [9.17, 15) is 5.26 Å². The van der Waals surface area contributed by atoms with Gasteiger partial charge in [-0.25, -0.2) is 4.98 Å². The zero-order valence-corrected chi connectivity index (χ0v) is 15.3. The van der Waals surface area contributed by atoms with Crippen molar-refractivity contribution in [3.8, 4) is 11.8 Å².